The van der Waals surface area contributed by atoms with Gasteiger partial charge < -0.3 is 15.4 Å². The van der Waals surface area contributed by atoms with E-state index in [1.165, 1.54) is 0 Å². The van der Waals surface area contributed by atoms with Crippen LogP contribution in [0.5, 0.6) is 5.75 Å². The highest BCUT2D eigenvalue weighted by Crippen LogP contribution is 2.07. The number of amides is 2. The van der Waals surface area contributed by atoms with E-state index in [4.69, 9.17) is 4.74 Å². The lowest BCUT2D eigenvalue weighted by molar-refractivity contribution is -0.122. The molecule has 0 spiro atoms. The van der Waals surface area contributed by atoms with Crippen LogP contribution in [0.15, 0.2) is 60.7 Å². The fourth-order valence-electron chi connectivity index (χ4n) is 1.95. The summed E-state index contributed by atoms with van der Waals surface area (Å²) in [4.78, 5) is 23.9. The van der Waals surface area contributed by atoms with Gasteiger partial charge in [-0.3, -0.25) is 9.59 Å². The summed E-state index contributed by atoms with van der Waals surface area (Å²) in [7, 11) is 0. The monoisotopic (exact) mass is 312 g/mol. The lowest BCUT2D eigenvalue weighted by Gasteiger charge is -2.14. The van der Waals surface area contributed by atoms with Crippen molar-refractivity contribution in [2.45, 2.75) is 13.0 Å². The highest BCUT2D eigenvalue weighted by atomic mass is 16.5. The Hall–Kier alpha value is -2.82. The lowest BCUT2D eigenvalue weighted by atomic mass is 10.2. The summed E-state index contributed by atoms with van der Waals surface area (Å²) >= 11 is 0. The molecule has 0 saturated carbocycles. The zero-order valence-corrected chi connectivity index (χ0v) is 13.0. The molecule has 1 unspecified atom stereocenters. The van der Waals surface area contributed by atoms with Gasteiger partial charge in [-0.1, -0.05) is 36.4 Å². The van der Waals surface area contributed by atoms with E-state index in [-0.39, 0.29) is 11.8 Å². The van der Waals surface area contributed by atoms with E-state index in [2.05, 4.69) is 10.6 Å². The van der Waals surface area contributed by atoms with Crippen molar-refractivity contribution in [3.8, 4) is 5.75 Å². The standard InChI is InChI=1S/C18H20N2O3/c1-14(20-18(22)15-8-4-2-5-9-15)17(21)19-12-13-23-16-10-6-3-7-11-16/h2-11,14H,12-13H2,1H3,(H,19,21)(H,20,22). The molecular formula is C18H20N2O3. The fourth-order valence-corrected chi connectivity index (χ4v) is 1.95. The minimum Gasteiger partial charge on any atom is -0.492 e. The largest absolute Gasteiger partial charge is 0.492 e. The second-order valence-corrected chi connectivity index (χ2v) is 5.01. The first-order chi connectivity index (χ1) is 11.2. The maximum absolute atomic E-state index is 12.0. The van der Waals surface area contributed by atoms with Gasteiger partial charge in [-0.05, 0) is 31.2 Å². The van der Waals surface area contributed by atoms with E-state index in [0.29, 0.717) is 18.7 Å². The van der Waals surface area contributed by atoms with Gasteiger partial charge in [-0.2, -0.15) is 0 Å². The molecule has 2 aromatic carbocycles. The molecule has 0 aliphatic heterocycles. The smallest absolute Gasteiger partial charge is 0.251 e. The molecule has 2 amide bonds. The molecule has 0 aliphatic rings. The first-order valence-corrected chi connectivity index (χ1v) is 7.48. The molecule has 0 radical (unpaired) electrons. The number of para-hydroxylation sites is 1. The average Bonchev–Trinajstić information content (AvgIpc) is 2.60. The van der Waals surface area contributed by atoms with Crippen molar-refractivity contribution in [3.05, 3.63) is 66.2 Å². The normalized spacial score (nSPS) is 11.3. The molecule has 120 valence electrons. The SMILES string of the molecule is CC(NC(=O)c1ccccc1)C(=O)NCCOc1ccccc1. The van der Waals surface area contributed by atoms with Gasteiger partial charge >= 0.3 is 0 Å². The predicted molar refractivity (Wildman–Crippen MR) is 88.3 cm³/mol. The molecule has 0 fully saturated rings. The van der Waals surface area contributed by atoms with E-state index in [1.807, 2.05) is 36.4 Å². The summed E-state index contributed by atoms with van der Waals surface area (Å²) in [5.41, 5.74) is 0.527. The third-order valence-electron chi connectivity index (χ3n) is 3.19. The number of hydrogen-bond donors (Lipinski definition) is 2. The Morgan fingerprint density at radius 3 is 2.26 bits per heavy atom. The van der Waals surface area contributed by atoms with Crippen LogP contribution < -0.4 is 15.4 Å². The summed E-state index contributed by atoms with van der Waals surface area (Å²) in [6.07, 6.45) is 0. The Labute approximate surface area is 135 Å². The van der Waals surface area contributed by atoms with Crippen LogP contribution in [0, 0.1) is 0 Å². The maximum Gasteiger partial charge on any atom is 0.251 e. The first-order valence-electron chi connectivity index (χ1n) is 7.48. The van der Waals surface area contributed by atoms with Crippen LogP contribution in [0.4, 0.5) is 0 Å². The third kappa shape index (κ3) is 5.47. The van der Waals surface area contributed by atoms with Gasteiger partial charge in [-0.25, -0.2) is 0 Å². The third-order valence-corrected chi connectivity index (χ3v) is 3.19. The van der Waals surface area contributed by atoms with Crippen LogP contribution in [0.1, 0.15) is 17.3 Å². The van der Waals surface area contributed by atoms with Crippen molar-refractivity contribution in [2.24, 2.45) is 0 Å². The van der Waals surface area contributed by atoms with Crippen LogP contribution in [0.2, 0.25) is 0 Å². The molecule has 2 N–H and O–H groups in total. The van der Waals surface area contributed by atoms with E-state index in [9.17, 15) is 9.59 Å². The number of carbonyl (C=O) groups is 2. The van der Waals surface area contributed by atoms with Gasteiger partial charge in [0.1, 0.15) is 18.4 Å². The van der Waals surface area contributed by atoms with Gasteiger partial charge in [0, 0.05) is 5.56 Å². The topological polar surface area (TPSA) is 67.4 Å². The lowest BCUT2D eigenvalue weighted by Crippen LogP contribution is -2.45. The Morgan fingerprint density at radius 1 is 1.00 bits per heavy atom. The minimum absolute atomic E-state index is 0.244. The summed E-state index contributed by atoms with van der Waals surface area (Å²) in [6.45, 7) is 2.39. The number of ether oxygens (including phenoxy) is 1. The quantitative estimate of drug-likeness (QED) is 0.769. The van der Waals surface area contributed by atoms with Crippen LogP contribution in [-0.2, 0) is 4.79 Å². The van der Waals surface area contributed by atoms with Crippen molar-refractivity contribution < 1.29 is 14.3 Å². The second kappa shape index (κ2) is 8.58. The molecular weight excluding hydrogens is 292 g/mol. The zero-order chi connectivity index (χ0) is 16.5. The molecule has 0 aliphatic carbocycles. The first kappa shape index (κ1) is 16.5. The number of benzene rings is 2. The zero-order valence-electron chi connectivity index (χ0n) is 13.0. The van der Waals surface area contributed by atoms with Gasteiger partial charge in [0.25, 0.3) is 5.91 Å². The molecule has 2 aromatic rings. The Kier molecular flexibility index (Phi) is 6.17. The van der Waals surface area contributed by atoms with Crippen molar-refractivity contribution >= 4 is 11.8 Å². The van der Waals surface area contributed by atoms with Gasteiger partial charge in [0.15, 0.2) is 0 Å². The van der Waals surface area contributed by atoms with Crippen LogP contribution in [0.3, 0.4) is 0 Å². The maximum atomic E-state index is 12.0. The van der Waals surface area contributed by atoms with Gasteiger partial charge in [-0.15, -0.1) is 0 Å². The summed E-state index contributed by atoms with van der Waals surface area (Å²) in [5, 5.41) is 5.39. The van der Waals surface area contributed by atoms with Crippen molar-refractivity contribution in [3.63, 3.8) is 0 Å². The number of carbonyl (C=O) groups excluding carboxylic acids is 2. The summed E-state index contributed by atoms with van der Waals surface area (Å²) in [6, 6.07) is 17.6. The Bertz CT molecular complexity index is 629. The van der Waals surface area contributed by atoms with Crippen molar-refractivity contribution in [1.29, 1.82) is 0 Å². The molecule has 1 atom stereocenters. The Morgan fingerprint density at radius 2 is 1.61 bits per heavy atom. The highest BCUT2D eigenvalue weighted by Gasteiger charge is 2.15. The van der Waals surface area contributed by atoms with Crippen molar-refractivity contribution in [2.75, 3.05) is 13.2 Å². The van der Waals surface area contributed by atoms with Crippen LogP contribution in [-0.4, -0.2) is 31.0 Å². The number of hydrogen-bond acceptors (Lipinski definition) is 3. The highest BCUT2D eigenvalue weighted by molar-refractivity contribution is 5.97. The van der Waals surface area contributed by atoms with E-state index >= 15 is 0 Å². The van der Waals surface area contributed by atoms with E-state index in [0.717, 1.165) is 5.75 Å². The summed E-state index contributed by atoms with van der Waals surface area (Å²) in [5.74, 6) is 0.243. The van der Waals surface area contributed by atoms with Gasteiger partial charge in [0.2, 0.25) is 5.91 Å². The van der Waals surface area contributed by atoms with Crippen molar-refractivity contribution in [1.82, 2.24) is 10.6 Å². The summed E-state index contributed by atoms with van der Waals surface area (Å²) < 4.78 is 5.48. The molecule has 0 saturated heterocycles. The second-order valence-electron chi connectivity index (χ2n) is 5.01. The average molecular weight is 312 g/mol. The molecule has 0 bridgehead atoms. The molecule has 23 heavy (non-hydrogen) atoms. The van der Waals surface area contributed by atoms with E-state index < -0.39 is 6.04 Å². The molecule has 2 rings (SSSR count). The molecule has 5 heteroatoms. The van der Waals surface area contributed by atoms with Crippen LogP contribution in [0.25, 0.3) is 0 Å². The van der Waals surface area contributed by atoms with Crippen LogP contribution >= 0.6 is 0 Å². The molecule has 0 heterocycles. The van der Waals surface area contributed by atoms with E-state index in [1.54, 1.807) is 31.2 Å². The van der Waals surface area contributed by atoms with Gasteiger partial charge in [0.05, 0.1) is 6.54 Å². The number of nitrogens with one attached hydrogen (secondary N) is 2. The fraction of sp³-hybridized carbons (Fsp3) is 0.222. The predicted octanol–water partition coefficient (Wildman–Crippen LogP) is 2.00. The molecule has 0 aromatic heterocycles. The minimum atomic E-state index is -0.612. The number of rotatable bonds is 7. The molecule has 5 nitrogen and oxygen atoms in total. The Balaban J connectivity index is 1.69.